The number of aromatic amines is 1. The van der Waals surface area contributed by atoms with E-state index >= 15 is 0 Å². The van der Waals surface area contributed by atoms with Crippen molar-refractivity contribution in [2.75, 3.05) is 6.54 Å². The Kier molecular flexibility index (Phi) is 5.08. The SMILES string of the molecule is O=C(c1nnc(-c2ccn(C(F)(F)F)n2)o1)N1CCc2[nH]cnc2[C@@H]1c1cc2c(C(F)(F)F)cccn2n1. The van der Waals surface area contributed by atoms with Gasteiger partial charge in [-0.15, -0.1) is 23.4 Å². The van der Waals surface area contributed by atoms with E-state index in [4.69, 9.17) is 4.42 Å². The summed E-state index contributed by atoms with van der Waals surface area (Å²) >= 11 is 0. The second-order valence-electron chi connectivity index (χ2n) is 8.26. The highest BCUT2D eigenvalue weighted by atomic mass is 19.4. The zero-order valence-electron chi connectivity index (χ0n) is 18.7. The Morgan fingerprint density at radius 1 is 1.08 bits per heavy atom. The van der Waals surface area contributed by atoms with Crippen LogP contribution < -0.4 is 0 Å². The van der Waals surface area contributed by atoms with Crippen molar-refractivity contribution in [2.24, 2.45) is 0 Å². The molecule has 1 atom stereocenters. The van der Waals surface area contributed by atoms with Gasteiger partial charge in [0.2, 0.25) is 0 Å². The summed E-state index contributed by atoms with van der Waals surface area (Å²) in [5, 5.41) is 14.9. The van der Waals surface area contributed by atoms with E-state index in [1.165, 1.54) is 29.6 Å². The van der Waals surface area contributed by atoms with Crippen LogP contribution in [0, 0.1) is 0 Å². The summed E-state index contributed by atoms with van der Waals surface area (Å²) in [5.74, 6) is -1.79. The van der Waals surface area contributed by atoms with Gasteiger partial charge in [-0.1, -0.05) is 0 Å². The Bertz CT molecular complexity index is 1660. The van der Waals surface area contributed by atoms with Gasteiger partial charge in [-0.3, -0.25) is 4.79 Å². The standard InChI is InChI=1S/C21H13F6N9O2/c22-20(23,24)10-2-1-5-35-14(10)8-13(32-35)16-15-11(28-9-29-15)3-6-34(16)19(37)18-31-30-17(38-18)12-4-7-36(33-12)21(25,26)27/h1-2,4-5,7-9,16H,3,6H2,(H,28,29)/t16-/m0/s1. The molecule has 1 N–H and O–H groups in total. The monoisotopic (exact) mass is 537 g/mol. The number of amides is 1. The Morgan fingerprint density at radius 3 is 2.63 bits per heavy atom. The number of hydrogen-bond acceptors (Lipinski definition) is 7. The van der Waals surface area contributed by atoms with Gasteiger partial charge in [-0.25, -0.2) is 9.50 Å². The highest BCUT2D eigenvalue weighted by Gasteiger charge is 2.40. The largest absolute Gasteiger partial charge is 0.504 e. The van der Waals surface area contributed by atoms with Gasteiger partial charge in [-0.05, 0) is 24.3 Å². The van der Waals surface area contributed by atoms with Crippen molar-refractivity contribution >= 4 is 11.4 Å². The van der Waals surface area contributed by atoms with Crippen LogP contribution >= 0.6 is 0 Å². The number of carbonyl (C=O) groups excluding carboxylic acids is 1. The van der Waals surface area contributed by atoms with E-state index in [9.17, 15) is 31.1 Å². The fourth-order valence-corrected chi connectivity index (χ4v) is 4.32. The summed E-state index contributed by atoms with van der Waals surface area (Å²) in [6.07, 6.45) is -5.68. The molecule has 0 unspecified atom stereocenters. The first-order chi connectivity index (χ1) is 18.0. The van der Waals surface area contributed by atoms with Gasteiger partial charge in [-0.2, -0.15) is 28.1 Å². The number of rotatable bonds is 3. The summed E-state index contributed by atoms with van der Waals surface area (Å²) in [5.41, 5.74) is -0.299. The van der Waals surface area contributed by atoms with Gasteiger partial charge in [0.1, 0.15) is 11.7 Å². The quantitative estimate of drug-likeness (QED) is 0.349. The van der Waals surface area contributed by atoms with E-state index in [-0.39, 0.29) is 28.1 Å². The molecule has 0 aliphatic carbocycles. The molecule has 17 heteroatoms. The average molecular weight is 537 g/mol. The molecule has 5 aromatic heterocycles. The topological polar surface area (TPSA) is 123 Å². The van der Waals surface area contributed by atoms with Crippen LogP contribution in [0.2, 0.25) is 0 Å². The van der Waals surface area contributed by atoms with E-state index < -0.39 is 41.8 Å². The number of hydrogen-bond donors (Lipinski definition) is 1. The highest BCUT2D eigenvalue weighted by molar-refractivity contribution is 5.90. The molecule has 1 aliphatic heterocycles. The molecule has 38 heavy (non-hydrogen) atoms. The molecular weight excluding hydrogens is 524 g/mol. The minimum atomic E-state index is -4.76. The van der Waals surface area contributed by atoms with Crippen LogP contribution in [-0.2, 0) is 18.9 Å². The van der Waals surface area contributed by atoms with Gasteiger partial charge in [0.25, 0.3) is 5.89 Å². The number of carbonyl (C=O) groups is 1. The Hall–Kier alpha value is -4.70. The van der Waals surface area contributed by atoms with Crippen molar-refractivity contribution in [1.29, 1.82) is 0 Å². The van der Waals surface area contributed by atoms with Crippen molar-refractivity contribution in [2.45, 2.75) is 24.9 Å². The lowest BCUT2D eigenvalue weighted by Gasteiger charge is -2.32. The Labute approximate surface area is 206 Å². The van der Waals surface area contributed by atoms with Crippen LogP contribution in [0.3, 0.4) is 0 Å². The molecule has 11 nitrogen and oxygen atoms in total. The number of H-pyrrole nitrogens is 1. The van der Waals surface area contributed by atoms with Crippen LogP contribution in [0.25, 0.3) is 17.1 Å². The number of pyridine rings is 1. The summed E-state index contributed by atoms with van der Waals surface area (Å²) in [4.78, 5) is 21.9. The molecular formula is C21H13F6N9O2. The minimum absolute atomic E-state index is 0.0824. The number of nitrogens with zero attached hydrogens (tertiary/aromatic N) is 8. The van der Waals surface area contributed by atoms with E-state index in [1.807, 2.05) is 0 Å². The van der Waals surface area contributed by atoms with Crippen LogP contribution in [-0.4, -0.2) is 56.9 Å². The predicted molar refractivity (Wildman–Crippen MR) is 112 cm³/mol. The summed E-state index contributed by atoms with van der Waals surface area (Å²) in [6, 6.07) is 3.32. The van der Waals surface area contributed by atoms with E-state index in [0.717, 1.165) is 16.6 Å². The van der Waals surface area contributed by atoms with Gasteiger partial charge >= 0.3 is 24.3 Å². The van der Waals surface area contributed by atoms with E-state index in [1.54, 1.807) is 0 Å². The van der Waals surface area contributed by atoms with Crippen molar-refractivity contribution in [3.63, 3.8) is 0 Å². The molecule has 196 valence electrons. The fraction of sp³-hybridized carbons (Fsp3) is 0.238. The van der Waals surface area contributed by atoms with Crippen molar-refractivity contribution in [1.82, 2.24) is 44.5 Å². The molecule has 0 radical (unpaired) electrons. The molecule has 1 aliphatic rings. The summed E-state index contributed by atoms with van der Waals surface area (Å²) < 4.78 is 85.4. The first-order valence-corrected chi connectivity index (χ1v) is 10.9. The average Bonchev–Trinajstić information content (AvgIpc) is 3.65. The minimum Gasteiger partial charge on any atom is -0.411 e. The third-order valence-corrected chi connectivity index (χ3v) is 5.97. The summed E-state index contributed by atoms with van der Waals surface area (Å²) in [6.45, 7) is 0.0824. The van der Waals surface area contributed by atoms with Crippen LogP contribution in [0.5, 0.6) is 0 Å². The molecule has 0 aromatic carbocycles. The van der Waals surface area contributed by atoms with Crippen LogP contribution in [0.1, 0.15) is 39.4 Å². The predicted octanol–water partition coefficient (Wildman–Crippen LogP) is 3.59. The van der Waals surface area contributed by atoms with Crippen LogP contribution in [0.4, 0.5) is 26.3 Å². The molecule has 0 fully saturated rings. The number of halogens is 6. The second kappa shape index (κ2) is 8.15. The first kappa shape index (κ1) is 23.7. The zero-order chi connectivity index (χ0) is 26.8. The van der Waals surface area contributed by atoms with Crippen molar-refractivity contribution in [3.05, 3.63) is 71.5 Å². The van der Waals surface area contributed by atoms with E-state index in [0.29, 0.717) is 24.0 Å². The maximum Gasteiger partial charge on any atom is 0.504 e. The first-order valence-electron chi connectivity index (χ1n) is 10.9. The molecule has 1 amide bonds. The molecule has 6 rings (SSSR count). The van der Waals surface area contributed by atoms with Crippen molar-refractivity contribution < 1.29 is 35.6 Å². The molecule has 0 saturated heterocycles. The molecule has 0 saturated carbocycles. The normalized spacial score (nSPS) is 16.3. The Morgan fingerprint density at radius 2 is 1.89 bits per heavy atom. The molecule has 6 heterocycles. The number of nitrogens with one attached hydrogen (secondary N) is 1. The van der Waals surface area contributed by atoms with Gasteiger partial charge in [0.15, 0.2) is 0 Å². The third kappa shape index (κ3) is 3.86. The van der Waals surface area contributed by atoms with Gasteiger partial charge < -0.3 is 14.3 Å². The fourth-order valence-electron chi connectivity index (χ4n) is 4.32. The van der Waals surface area contributed by atoms with Crippen molar-refractivity contribution in [3.8, 4) is 11.6 Å². The second-order valence-corrected chi connectivity index (χ2v) is 8.26. The smallest absolute Gasteiger partial charge is 0.411 e. The lowest BCUT2D eigenvalue weighted by Crippen LogP contribution is -2.41. The Balaban J connectivity index is 1.38. The van der Waals surface area contributed by atoms with Crippen LogP contribution in [0.15, 0.2) is 47.4 Å². The summed E-state index contributed by atoms with van der Waals surface area (Å²) in [7, 11) is 0. The maximum atomic E-state index is 13.6. The maximum absolute atomic E-state index is 13.6. The molecule has 0 spiro atoms. The number of aromatic nitrogens is 8. The zero-order valence-corrected chi connectivity index (χ0v) is 18.7. The third-order valence-electron chi connectivity index (χ3n) is 5.97. The number of fused-ring (bicyclic) bond motifs is 2. The lowest BCUT2D eigenvalue weighted by atomic mass is 9.99. The van der Waals surface area contributed by atoms with Gasteiger partial charge in [0.05, 0.1) is 28.8 Å². The molecule has 0 bridgehead atoms. The molecule has 5 aromatic rings. The lowest BCUT2D eigenvalue weighted by molar-refractivity contribution is -0.212. The number of imidazole rings is 1. The highest BCUT2D eigenvalue weighted by Crippen LogP contribution is 2.37. The van der Waals surface area contributed by atoms with E-state index in [2.05, 4.69) is 30.4 Å². The van der Waals surface area contributed by atoms with Gasteiger partial charge in [0, 0.05) is 31.1 Å². The number of alkyl halides is 6.